The molecule has 0 radical (unpaired) electrons. The zero-order valence-electron chi connectivity index (χ0n) is 12.9. The van der Waals surface area contributed by atoms with Crippen LogP contribution in [0.4, 0.5) is 0 Å². The SMILES string of the molecule is CCCNC(=O)C(C)NCc1cccc(OC(C)C)c1. The highest BCUT2D eigenvalue weighted by Gasteiger charge is 2.11. The van der Waals surface area contributed by atoms with Crippen LogP contribution in [0.3, 0.4) is 0 Å². The molecule has 0 saturated carbocycles. The molecular weight excluding hydrogens is 252 g/mol. The monoisotopic (exact) mass is 278 g/mol. The fourth-order valence-electron chi connectivity index (χ4n) is 1.77. The zero-order valence-corrected chi connectivity index (χ0v) is 12.9. The first-order valence-electron chi connectivity index (χ1n) is 7.29. The van der Waals surface area contributed by atoms with E-state index in [1.54, 1.807) is 0 Å². The molecule has 0 aromatic heterocycles. The molecular formula is C16H26N2O2. The highest BCUT2D eigenvalue weighted by molar-refractivity contribution is 5.81. The van der Waals surface area contributed by atoms with Crippen LogP contribution in [0.25, 0.3) is 0 Å². The summed E-state index contributed by atoms with van der Waals surface area (Å²) in [6, 6.07) is 7.74. The molecule has 0 heterocycles. The summed E-state index contributed by atoms with van der Waals surface area (Å²) in [4.78, 5) is 11.7. The number of rotatable bonds is 8. The van der Waals surface area contributed by atoms with Gasteiger partial charge in [-0.25, -0.2) is 0 Å². The molecule has 20 heavy (non-hydrogen) atoms. The van der Waals surface area contributed by atoms with E-state index in [4.69, 9.17) is 4.74 Å². The Morgan fingerprint density at radius 3 is 2.70 bits per heavy atom. The first-order valence-corrected chi connectivity index (χ1v) is 7.29. The van der Waals surface area contributed by atoms with Crippen molar-refractivity contribution in [2.24, 2.45) is 0 Å². The van der Waals surface area contributed by atoms with Gasteiger partial charge in [-0.15, -0.1) is 0 Å². The summed E-state index contributed by atoms with van der Waals surface area (Å²) in [5.74, 6) is 0.906. The van der Waals surface area contributed by atoms with Crippen LogP contribution in [0.15, 0.2) is 24.3 Å². The van der Waals surface area contributed by atoms with Gasteiger partial charge in [-0.1, -0.05) is 19.1 Å². The summed E-state index contributed by atoms with van der Waals surface area (Å²) in [7, 11) is 0. The lowest BCUT2D eigenvalue weighted by Gasteiger charge is -2.15. The summed E-state index contributed by atoms with van der Waals surface area (Å²) in [6.07, 6.45) is 1.12. The van der Waals surface area contributed by atoms with Crippen molar-refractivity contribution in [2.45, 2.75) is 52.8 Å². The molecule has 1 atom stereocenters. The molecule has 0 saturated heterocycles. The molecule has 112 valence electrons. The Labute approximate surface area is 121 Å². The van der Waals surface area contributed by atoms with Gasteiger partial charge in [0.15, 0.2) is 0 Å². The highest BCUT2D eigenvalue weighted by atomic mass is 16.5. The van der Waals surface area contributed by atoms with Gasteiger partial charge in [0, 0.05) is 13.1 Å². The molecule has 0 aliphatic heterocycles. The Morgan fingerprint density at radius 2 is 2.05 bits per heavy atom. The summed E-state index contributed by atoms with van der Waals surface area (Å²) < 4.78 is 5.66. The van der Waals surface area contributed by atoms with Crippen LogP contribution in [0.1, 0.15) is 39.7 Å². The minimum Gasteiger partial charge on any atom is -0.491 e. The Bertz CT molecular complexity index is 419. The van der Waals surface area contributed by atoms with Gasteiger partial charge in [0.05, 0.1) is 12.1 Å². The van der Waals surface area contributed by atoms with Crippen molar-refractivity contribution in [3.05, 3.63) is 29.8 Å². The number of benzene rings is 1. The van der Waals surface area contributed by atoms with Gasteiger partial charge in [0.25, 0.3) is 0 Å². The third-order valence-corrected chi connectivity index (χ3v) is 2.83. The Morgan fingerprint density at radius 1 is 1.30 bits per heavy atom. The van der Waals surface area contributed by atoms with Crippen molar-refractivity contribution < 1.29 is 9.53 Å². The Kier molecular flexibility index (Phi) is 7.09. The number of hydrogen-bond donors (Lipinski definition) is 2. The summed E-state index contributed by atoms with van der Waals surface area (Å²) in [5.41, 5.74) is 1.11. The van der Waals surface area contributed by atoms with Crippen LogP contribution in [0.2, 0.25) is 0 Å². The van der Waals surface area contributed by atoms with Crippen molar-refractivity contribution in [1.82, 2.24) is 10.6 Å². The van der Waals surface area contributed by atoms with Crippen LogP contribution < -0.4 is 15.4 Å². The maximum absolute atomic E-state index is 11.7. The lowest BCUT2D eigenvalue weighted by molar-refractivity contribution is -0.122. The van der Waals surface area contributed by atoms with Crippen LogP contribution >= 0.6 is 0 Å². The minimum atomic E-state index is -0.198. The van der Waals surface area contributed by atoms with Gasteiger partial charge >= 0.3 is 0 Å². The molecule has 2 N–H and O–H groups in total. The number of nitrogens with one attached hydrogen (secondary N) is 2. The lowest BCUT2D eigenvalue weighted by atomic mass is 10.2. The molecule has 1 aromatic carbocycles. The maximum Gasteiger partial charge on any atom is 0.236 e. The van der Waals surface area contributed by atoms with Crippen molar-refractivity contribution in [2.75, 3.05) is 6.54 Å². The molecule has 1 amide bonds. The number of amides is 1. The summed E-state index contributed by atoms with van der Waals surface area (Å²) in [6.45, 7) is 9.30. The van der Waals surface area contributed by atoms with Gasteiger partial charge < -0.3 is 15.4 Å². The lowest BCUT2D eigenvalue weighted by Crippen LogP contribution is -2.42. The normalized spacial score (nSPS) is 12.2. The second-order valence-corrected chi connectivity index (χ2v) is 5.21. The van der Waals surface area contributed by atoms with E-state index < -0.39 is 0 Å². The minimum absolute atomic E-state index is 0.0430. The topological polar surface area (TPSA) is 50.4 Å². The fraction of sp³-hybridized carbons (Fsp3) is 0.562. The fourth-order valence-corrected chi connectivity index (χ4v) is 1.77. The molecule has 1 aromatic rings. The van der Waals surface area contributed by atoms with E-state index in [2.05, 4.69) is 10.6 Å². The highest BCUT2D eigenvalue weighted by Crippen LogP contribution is 2.14. The average Bonchev–Trinajstić information content (AvgIpc) is 2.41. The van der Waals surface area contributed by atoms with Crippen molar-refractivity contribution in [1.29, 1.82) is 0 Å². The summed E-state index contributed by atoms with van der Waals surface area (Å²) >= 11 is 0. The molecule has 1 unspecified atom stereocenters. The summed E-state index contributed by atoms with van der Waals surface area (Å²) in [5, 5.41) is 6.10. The van der Waals surface area contributed by atoms with Crippen LogP contribution in [-0.4, -0.2) is 24.6 Å². The quantitative estimate of drug-likeness (QED) is 0.768. The van der Waals surface area contributed by atoms with Gasteiger partial charge in [-0.2, -0.15) is 0 Å². The maximum atomic E-state index is 11.7. The number of hydrogen-bond acceptors (Lipinski definition) is 3. The third-order valence-electron chi connectivity index (χ3n) is 2.83. The molecule has 0 aliphatic carbocycles. The van der Waals surface area contributed by atoms with Crippen molar-refractivity contribution >= 4 is 5.91 Å². The van der Waals surface area contributed by atoms with Crippen molar-refractivity contribution in [3.8, 4) is 5.75 Å². The van der Waals surface area contributed by atoms with E-state index in [1.165, 1.54) is 0 Å². The number of carbonyl (C=O) groups excluding carboxylic acids is 1. The molecule has 0 bridgehead atoms. The first kappa shape index (κ1) is 16.5. The van der Waals surface area contributed by atoms with E-state index in [1.807, 2.05) is 52.0 Å². The van der Waals surface area contributed by atoms with Crippen molar-refractivity contribution in [3.63, 3.8) is 0 Å². The Balaban J connectivity index is 2.46. The van der Waals surface area contributed by atoms with E-state index in [-0.39, 0.29) is 18.1 Å². The van der Waals surface area contributed by atoms with Crippen LogP contribution in [0.5, 0.6) is 5.75 Å². The second kappa shape index (κ2) is 8.59. The van der Waals surface area contributed by atoms with Crippen LogP contribution in [0, 0.1) is 0 Å². The number of ether oxygens (including phenoxy) is 1. The smallest absolute Gasteiger partial charge is 0.236 e. The van der Waals surface area contributed by atoms with Gasteiger partial charge in [-0.05, 0) is 44.9 Å². The molecule has 0 aliphatic rings. The predicted molar refractivity (Wildman–Crippen MR) is 81.8 cm³/mol. The Hall–Kier alpha value is -1.55. The van der Waals surface area contributed by atoms with Gasteiger partial charge in [0.2, 0.25) is 5.91 Å². The standard InChI is InChI=1S/C16H26N2O2/c1-5-9-17-16(19)13(4)18-11-14-7-6-8-15(10-14)20-12(2)3/h6-8,10,12-13,18H,5,9,11H2,1-4H3,(H,17,19). The molecule has 4 heteroatoms. The number of carbonyl (C=O) groups is 1. The largest absolute Gasteiger partial charge is 0.491 e. The molecule has 0 fully saturated rings. The van der Waals surface area contributed by atoms with Gasteiger partial charge in [0.1, 0.15) is 5.75 Å². The van der Waals surface area contributed by atoms with Crippen LogP contribution in [-0.2, 0) is 11.3 Å². The molecule has 0 spiro atoms. The predicted octanol–water partition coefficient (Wildman–Crippen LogP) is 2.48. The zero-order chi connectivity index (χ0) is 15.0. The van der Waals surface area contributed by atoms with E-state index in [9.17, 15) is 4.79 Å². The average molecular weight is 278 g/mol. The van der Waals surface area contributed by atoms with E-state index >= 15 is 0 Å². The van der Waals surface area contributed by atoms with E-state index in [0.29, 0.717) is 6.54 Å². The molecule has 1 rings (SSSR count). The van der Waals surface area contributed by atoms with E-state index in [0.717, 1.165) is 24.3 Å². The first-order chi connectivity index (χ1) is 9.52. The second-order valence-electron chi connectivity index (χ2n) is 5.21. The third kappa shape index (κ3) is 6.06. The molecule has 4 nitrogen and oxygen atoms in total. The van der Waals surface area contributed by atoms with Gasteiger partial charge in [-0.3, -0.25) is 4.79 Å².